The Kier molecular flexibility index (Phi) is 4.77. The van der Waals surface area contributed by atoms with Crippen LogP contribution in [0.2, 0.25) is 0 Å². The van der Waals surface area contributed by atoms with E-state index < -0.39 is 0 Å². The van der Waals surface area contributed by atoms with Gasteiger partial charge in [0.1, 0.15) is 0 Å². The second-order valence-corrected chi connectivity index (χ2v) is 4.53. The second kappa shape index (κ2) is 6.75. The van der Waals surface area contributed by atoms with Crippen LogP contribution >= 0.6 is 0 Å². The van der Waals surface area contributed by atoms with Gasteiger partial charge in [-0.25, -0.2) is 4.68 Å². The van der Waals surface area contributed by atoms with Gasteiger partial charge in [0.05, 0.1) is 12.8 Å². The number of nitrogens with one attached hydrogen (secondary N) is 2. The third kappa shape index (κ3) is 3.25. The van der Waals surface area contributed by atoms with Crippen molar-refractivity contribution < 1.29 is 9.53 Å². The van der Waals surface area contributed by atoms with E-state index >= 15 is 0 Å². The zero-order valence-corrected chi connectivity index (χ0v) is 12.7. The molecule has 2 N–H and O–H groups in total. The normalized spacial score (nSPS) is 10.1. The summed E-state index contributed by atoms with van der Waals surface area (Å²) in [4.78, 5) is 23.9. The van der Waals surface area contributed by atoms with E-state index in [1.165, 1.54) is 10.9 Å². The van der Waals surface area contributed by atoms with Crippen LogP contribution in [0.4, 0.5) is 11.4 Å². The number of rotatable bonds is 5. The molecule has 0 unspecified atom stereocenters. The molecule has 2 aromatic rings. The number of carbonyl (C=O) groups is 1. The Labute approximate surface area is 127 Å². The average molecular weight is 302 g/mol. The van der Waals surface area contributed by atoms with E-state index in [2.05, 4.69) is 15.7 Å². The van der Waals surface area contributed by atoms with Crippen molar-refractivity contribution in [2.45, 2.75) is 6.92 Å². The van der Waals surface area contributed by atoms with E-state index in [9.17, 15) is 9.59 Å². The van der Waals surface area contributed by atoms with Crippen molar-refractivity contribution in [3.63, 3.8) is 0 Å². The lowest BCUT2D eigenvalue weighted by Gasteiger charge is -2.12. The summed E-state index contributed by atoms with van der Waals surface area (Å²) in [7, 11) is 3.12. The van der Waals surface area contributed by atoms with E-state index in [0.29, 0.717) is 23.6 Å². The molecule has 0 radical (unpaired) electrons. The van der Waals surface area contributed by atoms with Gasteiger partial charge in [0, 0.05) is 25.3 Å². The summed E-state index contributed by atoms with van der Waals surface area (Å²) in [5.41, 5.74) is 1.09. The first-order valence-corrected chi connectivity index (χ1v) is 6.85. The Morgan fingerprint density at radius 3 is 2.86 bits per heavy atom. The highest BCUT2D eigenvalue weighted by Gasteiger charge is 2.12. The van der Waals surface area contributed by atoms with Crippen molar-refractivity contribution in [1.82, 2.24) is 15.1 Å². The highest BCUT2D eigenvalue weighted by molar-refractivity contribution is 5.95. The van der Waals surface area contributed by atoms with Crippen LogP contribution in [0.3, 0.4) is 0 Å². The van der Waals surface area contributed by atoms with Gasteiger partial charge in [0.15, 0.2) is 11.4 Å². The van der Waals surface area contributed by atoms with Crippen LogP contribution in [-0.2, 0) is 7.05 Å². The molecule has 1 amide bonds. The van der Waals surface area contributed by atoms with Crippen molar-refractivity contribution in [3.8, 4) is 5.75 Å². The van der Waals surface area contributed by atoms with Crippen molar-refractivity contribution >= 4 is 17.3 Å². The second-order valence-electron chi connectivity index (χ2n) is 4.53. The third-order valence-corrected chi connectivity index (χ3v) is 3.02. The number of amides is 1. The monoisotopic (exact) mass is 302 g/mol. The van der Waals surface area contributed by atoms with E-state index in [1.54, 1.807) is 38.4 Å². The molecule has 1 heterocycles. The summed E-state index contributed by atoms with van der Waals surface area (Å²) < 4.78 is 6.64. The molecule has 0 bridgehead atoms. The van der Waals surface area contributed by atoms with Crippen LogP contribution in [0, 0.1) is 0 Å². The number of aromatic nitrogens is 2. The summed E-state index contributed by atoms with van der Waals surface area (Å²) in [5.74, 6) is 0.173. The summed E-state index contributed by atoms with van der Waals surface area (Å²) in [6.45, 7) is 2.25. The maximum Gasteiger partial charge on any atom is 0.294 e. The minimum Gasteiger partial charge on any atom is -0.490 e. The number of benzene rings is 1. The zero-order valence-electron chi connectivity index (χ0n) is 12.7. The fraction of sp³-hybridized carbons (Fsp3) is 0.267. The topological polar surface area (TPSA) is 85.2 Å². The Morgan fingerprint density at radius 2 is 2.18 bits per heavy atom. The summed E-state index contributed by atoms with van der Waals surface area (Å²) in [6, 6.07) is 6.85. The van der Waals surface area contributed by atoms with Crippen molar-refractivity contribution in [2.24, 2.45) is 7.05 Å². The van der Waals surface area contributed by atoms with Gasteiger partial charge in [-0.15, -0.1) is 0 Å². The summed E-state index contributed by atoms with van der Waals surface area (Å²) in [5, 5.41) is 9.50. The molecule has 22 heavy (non-hydrogen) atoms. The van der Waals surface area contributed by atoms with Gasteiger partial charge in [0.25, 0.3) is 11.5 Å². The standard InChI is InChI=1S/C15H18N4O3/c1-4-22-12-9-17-19(3)15(21)13(12)18-11-7-5-6-10(8-11)14(20)16-2/h5-9,18H,4H2,1-3H3,(H,16,20). The molecule has 0 aliphatic heterocycles. The van der Waals surface area contributed by atoms with E-state index in [4.69, 9.17) is 4.74 Å². The number of nitrogens with zero attached hydrogens (tertiary/aromatic N) is 2. The third-order valence-electron chi connectivity index (χ3n) is 3.02. The first-order valence-electron chi connectivity index (χ1n) is 6.85. The number of ether oxygens (including phenoxy) is 1. The Bertz CT molecular complexity index is 740. The van der Waals surface area contributed by atoms with Crippen LogP contribution in [0.15, 0.2) is 35.3 Å². The minimum atomic E-state index is -0.309. The number of hydrogen-bond donors (Lipinski definition) is 2. The molecule has 2 rings (SSSR count). The molecule has 7 heteroatoms. The van der Waals surface area contributed by atoms with Gasteiger partial charge in [-0.2, -0.15) is 5.10 Å². The fourth-order valence-corrected chi connectivity index (χ4v) is 1.93. The first kappa shape index (κ1) is 15.6. The van der Waals surface area contributed by atoms with Gasteiger partial charge in [-0.05, 0) is 25.1 Å². The van der Waals surface area contributed by atoms with Crippen molar-refractivity contribution in [1.29, 1.82) is 0 Å². The van der Waals surface area contributed by atoms with Crippen LogP contribution in [0.1, 0.15) is 17.3 Å². The predicted octanol–water partition coefficient (Wildman–Crippen LogP) is 1.28. The zero-order chi connectivity index (χ0) is 16.1. The number of carbonyl (C=O) groups excluding carboxylic acids is 1. The van der Waals surface area contributed by atoms with E-state index in [0.717, 1.165) is 0 Å². The van der Waals surface area contributed by atoms with Crippen molar-refractivity contribution in [3.05, 3.63) is 46.4 Å². The maximum absolute atomic E-state index is 12.2. The Morgan fingerprint density at radius 1 is 1.41 bits per heavy atom. The molecule has 0 aliphatic rings. The summed E-state index contributed by atoms with van der Waals surface area (Å²) in [6.07, 6.45) is 1.48. The maximum atomic E-state index is 12.2. The molecule has 7 nitrogen and oxygen atoms in total. The predicted molar refractivity (Wildman–Crippen MR) is 83.8 cm³/mol. The molecule has 1 aromatic carbocycles. The first-order chi connectivity index (χ1) is 10.6. The average Bonchev–Trinajstić information content (AvgIpc) is 2.54. The molecule has 116 valence electrons. The van der Waals surface area contributed by atoms with Gasteiger partial charge >= 0.3 is 0 Å². The summed E-state index contributed by atoms with van der Waals surface area (Å²) >= 11 is 0. The molecular weight excluding hydrogens is 284 g/mol. The Balaban J connectivity index is 2.40. The van der Waals surface area contributed by atoms with Gasteiger partial charge < -0.3 is 15.4 Å². The largest absolute Gasteiger partial charge is 0.490 e. The van der Waals surface area contributed by atoms with Crippen LogP contribution in [-0.4, -0.2) is 29.3 Å². The van der Waals surface area contributed by atoms with Gasteiger partial charge in [-0.1, -0.05) is 6.07 Å². The highest BCUT2D eigenvalue weighted by atomic mass is 16.5. The van der Waals surface area contributed by atoms with E-state index in [1.807, 2.05) is 6.92 Å². The molecule has 0 saturated carbocycles. The molecule has 0 spiro atoms. The lowest BCUT2D eigenvalue weighted by atomic mass is 10.2. The van der Waals surface area contributed by atoms with Crippen molar-refractivity contribution in [2.75, 3.05) is 19.0 Å². The quantitative estimate of drug-likeness (QED) is 0.869. The van der Waals surface area contributed by atoms with Gasteiger partial charge in [0.2, 0.25) is 0 Å². The van der Waals surface area contributed by atoms with Crippen LogP contribution < -0.4 is 20.9 Å². The number of aryl methyl sites for hydroxylation is 1. The van der Waals surface area contributed by atoms with Crippen LogP contribution in [0.25, 0.3) is 0 Å². The number of hydrogen-bond acceptors (Lipinski definition) is 5. The Hall–Kier alpha value is -2.83. The smallest absolute Gasteiger partial charge is 0.294 e. The lowest BCUT2D eigenvalue weighted by molar-refractivity contribution is 0.0963. The minimum absolute atomic E-state index is 0.198. The highest BCUT2D eigenvalue weighted by Crippen LogP contribution is 2.23. The molecular formula is C15H18N4O3. The molecule has 0 saturated heterocycles. The lowest BCUT2D eigenvalue weighted by Crippen LogP contribution is -2.23. The van der Waals surface area contributed by atoms with E-state index in [-0.39, 0.29) is 17.2 Å². The molecule has 0 atom stereocenters. The van der Waals surface area contributed by atoms with Gasteiger partial charge in [-0.3, -0.25) is 9.59 Å². The fourth-order valence-electron chi connectivity index (χ4n) is 1.93. The van der Waals surface area contributed by atoms with Crippen LogP contribution in [0.5, 0.6) is 5.75 Å². The number of anilines is 2. The molecule has 1 aromatic heterocycles. The SMILES string of the molecule is CCOc1cnn(C)c(=O)c1Nc1cccc(C(=O)NC)c1. The molecule has 0 fully saturated rings. The molecule has 0 aliphatic carbocycles.